The largest absolute Gasteiger partial charge is 0.468 e. The molecule has 0 aromatic carbocycles. The van der Waals surface area contributed by atoms with Crippen LogP contribution in [0.2, 0.25) is 5.15 Å². The van der Waals surface area contributed by atoms with Gasteiger partial charge < -0.3 is 20.3 Å². The van der Waals surface area contributed by atoms with E-state index in [0.717, 1.165) is 36.2 Å². The first kappa shape index (κ1) is 15.5. The van der Waals surface area contributed by atoms with E-state index in [-0.39, 0.29) is 0 Å². The summed E-state index contributed by atoms with van der Waals surface area (Å²) in [6.07, 6.45) is 0.358. The minimum atomic E-state index is -0.696. The number of nitrogens with two attached hydrogens (primary N) is 1. The second-order valence-corrected chi connectivity index (χ2v) is 6.25. The predicted octanol–water partition coefficient (Wildman–Crippen LogP) is 0.591. The Kier molecular flexibility index (Phi) is 5.20. The van der Waals surface area contributed by atoms with Gasteiger partial charge in [0.1, 0.15) is 11.2 Å². The van der Waals surface area contributed by atoms with Crippen LogP contribution in [0.3, 0.4) is 0 Å². The number of hydrogen-bond donors (Lipinski definition) is 1. The summed E-state index contributed by atoms with van der Waals surface area (Å²) in [6.45, 7) is 3.88. The number of likely N-dealkylation sites (N-methyl/N-ethyl adjacent to an activating group) is 1. The minimum absolute atomic E-state index is 0.358. The molecule has 0 aliphatic carbocycles. The highest BCUT2D eigenvalue weighted by molar-refractivity contribution is 7.16. The number of nitrogens with zero attached hydrogens (tertiary/aromatic N) is 3. The Labute approximate surface area is 127 Å². The van der Waals surface area contributed by atoms with E-state index in [9.17, 15) is 4.79 Å². The van der Waals surface area contributed by atoms with Crippen molar-refractivity contribution in [3.8, 4) is 0 Å². The number of aromatic nitrogens is 1. The third-order valence-corrected chi connectivity index (χ3v) is 4.88. The number of methoxy groups -OCH3 is 1. The predicted molar refractivity (Wildman–Crippen MR) is 80.5 cm³/mol. The first-order chi connectivity index (χ1) is 9.51. The van der Waals surface area contributed by atoms with Crippen LogP contribution in [-0.2, 0) is 16.0 Å². The van der Waals surface area contributed by atoms with Crippen molar-refractivity contribution in [2.45, 2.75) is 12.5 Å². The molecule has 0 bridgehead atoms. The summed E-state index contributed by atoms with van der Waals surface area (Å²) < 4.78 is 4.62. The molecule has 0 saturated carbocycles. The van der Waals surface area contributed by atoms with Crippen LogP contribution in [0.25, 0.3) is 0 Å². The number of esters is 1. The van der Waals surface area contributed by atoms with Crippen LogP contribution >= 0.6 is 22.9 Å². The van der Waals surface area contributed by atoms with E-state index in [1.807, 2.05) is 0 Å². The maximum absolute atomic E-state index is 11.4. The zero-order valence-electron chi connectivity index (χ0n) is 11.6. The van der Waals surface area contributed by atoms with Crippen LogP contribution in [0.4, 0.5) is 5.13 Å². The van der Waals surface area contributed by atoms with Gasteiger partial charge in [0.2, 0.25) is 0 Å². The average molecular weight is 319 g/mol. The van der Waals surface area contributed by atoms with Gasteiger partial charge in [0.15, 0.2) is 5.13 Å². The topological polar surface area (TPSA) is 71.7 Å². The molecule has 1 aromatic heterocycles. The standard InChI is InChI=1S/C12H19ClN4O2S/c1-16-3-5-17(6-4-16)12-15-10(13)9(20-12)7-8(14)11(18)19-2/h8H,3-7,14H2,1-2H3. The molecule has 1 unspecified atom stereocenters. The first-order valence-electron chi connectivity index (χ1n) is 6.43. The molecule has 1 fully saturated rings. The Bertz CT molecular complexity index is 474. The lowest BCUT2D eigenvalue weighted by Crippen LogP contribution is -2.44. The van der Waals surface area contributed by atoms with Crippen molar-refractivity contribution in [3.63, 3.8) is 0 Å². The average Bonchev–Trinajstić information content (AvgIpc) is 2.80. The van der Waals surface area contributed by atoms with Gasteiger partial charge in [-0.25, -0.2) is 4.98 Å². The van der Waals surface area contributed by atoms with E-state index in [1.54, 1.807) is 0 Å². The summed E-state index contributed by atoms with van der Waals surface area (Å²) in [5.41, 5.74) is 5.76. The monoisotopic (exact) mass is 318 g/mol. The van der Waals surface area contributed by atoms with Gasteiger partial charge in [0, 0.05) is 37.5 Å². The second kappa shape index (κ2) is 6.71. The number of anilines is 1. The highest BCUT2D eigenvalue weighted by atomic mass is 35.5. The Morgan fingerprint density at radius 1 is 1.50 bits per heavy atom. The Balaban J connectivity index is 2.04. The van der Waals surface area contributed by atoms with Crippen LogP contribution < -0.4 is 10.6 Å². The van der Waals surface area contributed by atoms with Crippen molar-refractivity contribution in [2.75, 3.05) is 45.2 Å². The van der Waals surface area contributed by atoms with E-state index in [2.05, 4.69) is 26.6 Å². The van der Waals surface area contributed by atoms with Gasteiger partial charge in [-0.05, 0) is 7.05 Å². The molecule has 2 heterocycles. The Morgan fingerprint density at radius 3 is 2.75 bits per heavy atom. The highest BCUT2D eigenvalue weighted by Gasteiger charge is 2.22. The fourth-order valence-corrected chi connectivity index (χ4v) is 3.40. The Hall–Kier alpha value is -0.890. The summed E-state index contributed by atoms with van der Waals surface area (Å²) in [6, 6.07) is -0.696. The molecule has 0 radical (unpaired) electrons. The van der Waals surface area contributed by atoms with E-state index in [4.69, 9.17) is 17.3 Å². The third kappa shape index (κ3) is 3.60. The summed E-state index contributed by atoms with van der Waals surface area (Å²) in [5, 5.41) is 1.33. The highest BCUT2D eigenvalue weighted by Crippen LogP contribution is 2.31. The number of ether oxygens (including phenoxy) is 1. The van der Waals surface area contributed by atoms with Crippen molar-refractivity contribution >= 4 is 34.0 Å². The normalized spacial score (nSPS) is 18.1. The van der Waals surface area contributed by atoms with E-state index >= 15 is 0 Å². The molecule has 1 aromatic rings. The fourth-order valence-electron chi connectivity index (χ4n) is 2.01. The summed E-state index contributed by atoms with van der Waals surface area (Å²) in [5.74, 6) is -0.435. The minimum Gasteiger partial charge on any atom is -0.468 e. The van der Waals surface area contributed by atoms with Crippen molar-refractivity contribution in [3.05, 3.63) is 10.0 Å². The number of piperazine rings is 1. The van der Waals surface area contributed by atoms with Gasteiger partial charge in [-0.2, -0.15) is 0 Å². The number of carbonyl (C=O) groups excluding carboxylic acids is 1. The van der Waals surface area contributed by atoms with Gasteiger partial charge in [-0.1, -0.05) is 11.6 Å². The second-order valence-electron chi connectivity index (χ2n) is 4.83. The molecular formula is C12H19ClN4O2S. The molecule has 2 N–H and O–H groups in total. The lowest BCUT2D eigenvalue weighted by molar-refractivity contribution is -0.142. The molecule has 1 aliphatic heterocycles. The van der Waals surface area contributed by atoms with Crippen LogP contribution in [-0.4, -0.2) is 62.2 Å². The van der Waals surface area contributed by atoms with Crippen LogP contribution in [0, 0.1) is 0 Å². The van der Waals surface area contributed by atoms with E-state index < -0.39 is 12.0 Å². The van der Waals surface area contributed by atoms with Gasteiger partial charge in [-0.15, -0.1) is 11.3 Å². The molecule has 1 atom stereocenters. The van der Waals surface area contributed by atoms with Gasteiger partial charge in [0.25, 0.3) is 0 Å². The molecule has 6 nitrogen and oxygen atoms in total. The van der Waals surface area contributed by atoms with E-state index in [0.29, 0.717) is 11.6 Å². The molecule has 20 heavy (non-hydrogen) atoms. The number of hydrogen-bond acceptors (Lipinski definition) is 7. The smallest absolute Gasteiger partial charge is 0.323 e. The molecule has 112 valence electrons. The van der Waals surface area contributed by atoms with Crippen molar-refractivity contribution in [1.82, 2.24) is 9.88 Å². The summed E-state index contributed by atoms with van der Waals surface area (Å²) >= 11 is 7.64. The van der Waals surface area contributed by atoms with Crippen molar-refractivity contribution < 1.29 is 9.53 Å². The quantitative estimate of drug-likeness (QED) is 0.819. The fraction of sp³-hybridized carbons (Fsp3) is 0.667. The molecule has 0 amide bonds. The number of thiazole rings is 1. The zero-order valence-corrected chi connectivity index (χ0v) is 13.2. The molecule has 1 saturated heterocycles. The van der Waals surface area contributed by atoms with Crippen molar-refractivity contribution in [2.24, 2.45) is 5.73 Å². The van der Waals surface area contributed by atoms with Crippen molar-refractivity contribution in [1.29, 1.82) is 0 Å². The number of halogens is 1. The lowest BCUT2D eigenvalue weighted by Gasteiger charge is -2.32. The number of carbonyl (C=O) groups is 1. The van der Waals surface area contributed by atoms with Gasteiger partial charge in [0.05, 0.1) is 7.11 Å². The summed E-state index contributed by atoms with van der Waals surface area (Å²) in [7, 11) is 3.43. The molecule has 1 aliphatic rings. The zero-order chi connectivity index (χ0) is 14.7. The first-order valence-corrected chi connectivity index (χ1v) is 7.62. The van der Waals surface area contributed by atoms with Crippen LogP contribution in [0.5, 0.6) is 0 Å². The third-order valence-electron chi connectivity index (χ3n) is 3.32. The van der Waals surface area contributed by atoms with Crippen LogP contribution in [0.1, 0.15) is 4.88 Å². The molecular weight excluding hydrogens is 300 g/mol. The Morgan fingerprint density at radius 2 is 2.15 bits per heavy atom. The molecule has 8 heteroatoms. The lowest BCUT2D eigenvalue weighted by atomic mass is 10.2. The molecule has 0 spiro atoms. The SMILES string of the molecule is COC(=O)C(N)Cc1sc(N2CCN(C)CC2)nc1Cl. The van der Waals surface area contributed by atoms with E-state index in [1.165, 1.54) is 18.4 Å². The summed E-state index contributed by atoms with van der Waals surface area (Å²) in [4.78, 5) is 21.1. The van der Waals surface area contributed by atoms with Gasteiger partial charge >= 0.3 is 5.97 Å². The number of rotatable bonds is 4. The molecule has 2 rings (SSSR count). The van der Waals surface area contributed by atoms with Gasteiger partial charge in [-0.3, -0.25) is 4.79 Å². The maximum Gasteiger partial charge on any atom is 0.323 e. The maximum atomic E-state index is 11.4. The van der Waals surface area contributed by atoms with Crippen LogP contribution in [0.15, 0.2) is 0 Å².